The molecule has 0 radical (unpaired) electrons. The van der Waals surface area contributed by atoms with Crippen molar-refractivity contribution in [2.75, 3.05) is 12.4 Å². The summed E-state index contributed by atoms with van der Waals surface area (Å²) in [4.78, 5) is 8.18. The summed E-state index contributed by atoms with van der Waals surface area (Å²) in [5.74, 6) is 0.288. The number of ether oxygens (including phenoxy) is 1. The van der Waals surface area contributed by atoms with Crippen LogP contribution in [0.3, 0.4) is 0 Å². The van der Waals surface area contributed by atoms with Gasteiger partial charge in [-0.25, -0.2) is 14.4 Å². The van der Waals surface area contributed by atoms with E-state index in [4.69, 9.17) is 21.6 Å². The van der Waals surface area contributed by atoms with Crippen LogP contribution in [0.2, 0.25) is 5.15 Å². The Labute approximate surface area is 120 Å². The summed E-state index contributed by atoms with van der Waals surface area (Å²) >= 11 is 5.88. The fraction of sp³-hybridized carbons (Fsp3) is 0.154. The van der Waals surface area contributed by atoms with Crippen LogP contribution in [0.4, 0.5) is 15.9 Å². The van der Waals surface area contributed by atoms with Crippen LogP contribution in [-0.2, 0) is 11.3 Å². The van der Waals surface area contributed by atoms with Crippen molar-refractivity contribution in [3.05, 3.63) is 46.6 Å². The first kappa shape index (κ1) is 14.2. The minimum Gasteiger partial charge on any atom is -0.377 e. The van der Waals surface area contributed by atoms with Gasteiger partial charge in [0, 0.05) is 18.9 Å². The maximum atomic E-state index is 13.2. The zero-order chi connectivity index (χ0) is 14.5. The lowest BCUT2D eigenvalue weighted by molar-refractivity contribution is 0.178. The molecular weight excluding hydrogens is 283 g/mol. The number of hydrogen-bond donors (Lipinski definition) is 1. The summed E-state index contributed by atoms with van der Waals surface area (Å²) in [7, 11) is 1.52. The number of halogens is 2. The van der Waals surface area contributed by atoms with Gasteiger partial charge >= 0.3 is 0 Å². The molecule has 5 nitrogen and oxygen atoms in total. The van der Waals surface area contributed by atoms with Gasteiger partial charge in [-0.15, -0.1) is 0 Å². The van der Waals surface area contributed by atoms with Crippen molar-refractivity contribution in [2.45, 2.75) is 6.61 Å². The number of anilines is 2. The molecule has 0 aliphatic rings. The Balaban J connectivity index is 2.28. The highest BCUT2D eigenvalue weighted by molar-refractivity contribution is 6.29. The molecule has 0 saturated carbocycles. The van der Waals surface area contributed by atoms with Crippen molar-refractivity contribution in [1.82, 2.24) is 9.97 Å². The molecule has 0 unspecified atom stereocenters. The second kappa shape index (κ2) is 6.28. The lowest BCUT2D eigenvalue weighted by atomic mass is 10.2. The lowest BCUT2D eigenvalue weighted by Crippen LogP contribution is -2.02. The van der Waals surface area contributed by atoms with E-state index in [2.05, 4.69) is 15.3 Å². The Morgan fingerprint density at radius 2 is 2.20 bits per heavy atom. The smallest absolute Gasteiger partial charge is 0.158 e. The molecule has 2 rings (SSSR count). The van der Waals surface area contributed by atoms with Gasteiger partial charge in [-0.2, -0.15) is 5.26 Å². The number of aromatic nitrogens is 2. The van der Waals surface area contributed by atoms with E-state index in [9.17, 15) is 4.39 Å². The van der Waals surface area contributed by atoms with Crippen LogP contribution >= 0.6 is 11.6 Å². The molecule has 20 heavy (non-hydrogen) atoms. The van der Waals surface area contributed by atoms with Crippen LogP contribution < -0.4 is 5.32 Å². The number of methoxy groups -OCH3 is 1. The summed E-state index contributed by atoms with van der Waals surface area (Å²) < 4.78 is 18.2. The van der Waals surface area contributed by atoms with Gasteiger partial charge in [0.25, 0.3) is 0 Å². The van der Waals surface area contributed by atoms with E-state index in [0.29, 0.717) is 17.3 Å². The second-order valence-corrected chi connectivity index (χ2v) is 4.24. The van der Waals surface area contributed by atoms with E-state index in [1.54, 1.807) is 6.07 Å². The van der Waals surface area contributed by atoms with Crippen molar-refractivity contribution >= 4 is 23.1 Å². The minimum atomic E-state index is -0.571. The maximum Gasteiger partial charge on any atom is 0.158 e. The molecule has 0 atom stereocenters. The Morgan fingerprint density at radius 1 is 1.40 bits per heavy atom. The largest absolute Gasteiger partial charge is 0.377 e. The van der Waals surface area contributed by atoms with Crippen LogP contribution in [0.15, 0.2) is 24.3 Å². The third kappa shape index (κ3) is 3.41. The van der Waals surface area contributed by atoms with Crippen LogP contribution in [0.5, 0.6) is 0 Å². The average molecular weight is 293 g/mol. The monoisotopic (exact) mass is 292 g/mol. The number of nitriles is 1. The van der Waals surface area contributed by atoms with E-state index >= 15 is 0 Å². The minimum absolute atomic E-state index is 0.0488. The van der Waals surface area contributed by atoms with Crippen molar-refractivity contribution in [2.24, 2.45) is 0 Å². The fourth-order valence-corrected chi connectivity index (χ4v) is 1.76. The third-order valence-corrected chi connectivity index (χ3v) is 2.57. The van der Waals surface area contributed by atoms with E-state index in [-0.39, 0.29) is 17.3 Å². The quantitative estimate of drug-likeness (QED) is 0.877. The van der Waals surface area contributed by atoms with Crippen LogP contribution in [0, 0.1) is 17.1 Å². The molecule has 102 valence electrons. The van der Waals surface area contributed by atoms with Gasteiger partial charge in [-0.3, -0.25) is 0 Å². The Bertz CT molecular complexity index is 672. The molecule has 0 aliphatic carbocycles. The first-order chi connectivity index (χ1) is 9.62. The second-order valence-electron chi connectivity index (χ2n) is 3.86. The Hall–Kier alpha value is -2.23. The molecule has 1 aromatic carbocycles. The number of benzene rings is 1. The van der Waals surface area contributed by atoms with Crippen molar-refractivity contribution in [3.8, 4) is 6.07 Å². The Morgan fingerprint density at radius 3 is 2.90 bits per heavy atom. The fourth-order valence-electron chi connectivity index (χ4n) is 1.56. The number of rotatable bonds is 4. The standard InChI is InChI=1S/C13H10ClFN4O/c1-20-7-13-18-11(14)5-12(19-13)17-9-2-3-10(15)8(4-9)6-16/h2-5H,7H2,1H3,(H,17,18,19). The average Bonchev–Trinajstić information content (AvgIpc) is 2.40. The molecule has 0 fully saturated rings. The predicted molar refractivity (Wildman–Crippen MR) is 72.2 cm³/mol. The van der Waals surface area contributed by atoms with E-state index in [0.717, 1.165) is 0 Å². The SMILES string of the molecule is COCc1nc(Cl)cc(Nc2ccc(F)c(C#N)c2)n1. The molecule has 1 heterocycles. The summed E-state index contributed by atoms with van der Waals surface area (Å²) in [5, 5.41) is 12.0. The van der Waals surface area contributed by atoms with Gasteiger partial charge in [-0.1, -0.05) is 11.6 Å². The molecule has 0 saturated heterocycles. The summed E-state index contributed by atoms with van der Waals surface area (Å²) in [6.45, 7) is 0.224. The summed E-state index contributed by atoms with van der Waals surface area (Å²) in [5.41, 5.74) is 0.480. The normalized spacial score (nSPS) is 10.1. The topological polar surface area (TPSA) is 70.8 Å². The van der Waals surface area contributed by atoms with Crippen LogP contribution in [0.25, 0.3) is 0 Å². The molecule has 0 spiro atoms. The highest BCUT2D eigenvalue weighted by atomic mass is 35.5. The number of nitrogens with zero attached hydrogens (tertiary/aromatic N) is 3. The van der Waals surface area contributed by atoms with E-state index < -0.39 is 5.82 Å². The van der Waals surface area contributed by atoms with Gasteiger partial charge in [0.05, 0.1) is 5.56 Å². The molecule has 2 aromatic rings. The number of hydrogen-bond acceptors (Lipinski definition) is 5. The highest BCUT2D eigenvalue weighted by Crippen LogP contribution is 2.20. The molecule has 1 N–H and O–H groups in total. The van der Waals surface area contributed by atoms with Gasteiger partial charge in [0.1, 0.15) is 29.5 Å². The van der Waals surface area contributed by atoms with E-state index in [1.165, 1.54) is 31.4 Å². The van der Waals surface area contributed by atoms with Gasteiger partial charge in [0.2, 0.25) is 0 Å². The first-order valence-corrected chi connectivity index (χ1v) is 5.99. The third-order valence-electron chi connectivity index (χ3n) is 2.37. The molecular formula is C13H10ClFN4O. The zero-order valence-corrected chi connectivity index (χ0v) is 11.3. The first-order valence-electron chi connectivity index (χ1n) is 5.61. The van der Waals surface area contributed by atoms with Crippen LogP contribution in [-0.4, -0.2) is 17.1 Å². The van der Waals surface area contributed by atoms with Gasteiger partial charge < -0.3 is 10.1 Å². The predicted octanol–water partition coefficient (Wildman–Crippen LogP) is 3.03. The van der Waals surface area contributed by atoms with Crippen molar-refractivity contribution in [1.29, 1.82) is 5.26 Å². The zero-order valence-electron chi connectivity index (χ0n) is 10.5. The van der Waals surface area contributed by atoms with Gasteiger partial charge in [-0.05, 0) is 18.2 Å². The molecule has 7 heteroatoms. The summed E-state index contributed by atoms with van der Waals surface area (Å²) in [6, 6.07) is 7.40. The van der Waals surface area contributed by atoms with Crippen molar-refractivity contribution < 1.29 is 9.13 Å². The molecule has 0 amide bonds. The van der Waals surface area contributed by atoms with Crippen molar-refractivity contribution in [3.63, 3.8) is 0 Å². The number of nitrogens with one attached hydrogen (secondary N) is 1. The van der Waals surface area contributed by atoms with Crippen LogP contribution in [0.1, 0.15) is 11.4 Å². The van der Waals surface area contributed by atoms with E-state index in [1.807, 2.05) is 0 Å². The Kier molecular flexibility index (Phi) is 4.45. The highest BCUT2D eigenvalue weighted by Gasteiger charge is 2.06. The summed E-state index contributed by atoms with van der Waals surface area (Å²) in [6.07, 6.45) is 0. The van der Waals surface area contributed by atoms with Gasteiger partial charge in [0.15, 0.2) is 5.82 Å². The molecule has 0 aliphatic heterocycles. The lowest BCUT2D eigenvalue weighted by Gasteiger charge is -2.08. The maximum absolute atomic E-state index is 13.2. The molecule has 0 bridgehead atoms. The molecule has 1 aromatic heterocycles.